The smallest absolute Gasteiger partial charge is 0.255 e. The van der Waals surface area contributed by atoms with Gasteiger partial charge < -0.3 is 9.64 Å². The summed E-state index contributed by atoms with van der Waals surface area (Å²) in [4.78, 5) is 18.0. The Morgan fingerprint density at radius 2 is 2.47 bits per heavy atom. The number of halogens is 2. The van der Waals surface area contributed by atoms with E-state index in [1.54, 1.807) is 23.4 Å². The Kier molecular flexibility index (Phi) is 4.36. The minimum absolute atomic E-state index is 0.0484. The summed E-state index contributed by atoms with van der Waals surface area (Å²) in [5.74, 6) is 0.334. The number of amides is 1. The van der Waals surface area contributed by atoms with E-state index >= 15 is 0 Å². The number of aromatic nitrogens is 1. The molecule has 1 fully saturated rings. The van der Waals surface area contributed by atoms with Crippen molar-refractivity contribution in [1.82, 2.24) is 9.88 Å². The predicted octanol–water partition coefficient (Wildman–Crippen LogP) is 1.92. The van der Waals surface area contributed by atoms with Crippen molar-refractivity contribution < 1.29 is 9.53 Å². The molecule has 2 rings (SSSR count). The summed E-state index contributed by atoms with van der Waals surface area (Å²) in [6.45, 7) is 1.62. The van der Waals surface area contributed by atoms with E-state index in [2.05, 4.69) is 20.9 Å². The van der Waals surface area contributed by atoms with E-state index in [-0.39, 0.29) is 11.9 Å². The Labute approximate surface area is 113 Å². The van der Waals surface area contributed by atoms with Crippen molar-refractivity contribution in [3.8, 4) is 0 Å². The Morgan fingerprint density at radius 1 is 1.65 bits per heavy atom. The number of carbonyl (C=O) groups is 1. The minimum atomic E-state index is -0.0584. The Balaban J connectivity index is 2.18. The van der Waals surface area contributed by atoms with Crippen LogP contribution in [0, 0.1) is 0 Å². The lowest BCUT2D eigenvalue weighted by atomic mass is 10.2. The van der Waals surface area contributed by atoms with Gasteiger partial charge in [0.2, 0.25) is 0 Å². The van der Waals surface area contributed by atoms with Gasteiger partial charge in [0, 0.05) is 29.3 Å². The lowest BCUT2D eigenvalue weighted by molar-refractivity contribution is 0.00453. The van der Waals surface area contributed by atoms with Gasteiger partial charge in [-0.1, -0.05) is 0 Å². The fourth-order valence-corrected chi connectivity index (χ4v) is 2.37. The topological polar surface area (TPSA) is 42.4 Å². The average molecular weight is 320 g/mol. The minimum Gasteiger partial charge on any atom is -0.377 e. The van der Waals surface area contributed by atoms with Crippen LogP contribution < -0.4 is 0 Å². The van der Waals surface area contributed by atoms with E-state index in [1.165, 1.54) is 0 Å². The maximum Gasteiger partial charge on any atom is 0.255 e. The Hall–Kier alpha value is -0.650. The molecule has 1 atom stereocenters. The summed E-state index contributed by atoms with van der Waals surface area (Å²) in [6, 6.07) is 1.70. The van der Waals surface area contributed by atoms with Gasteiger partial charge in [-0.05, 0) is 22.0 Å². The summed E-state index contributed by atoms with van der Waals surface area (Å²) < 4.78 is 6.10. The molecule has 1 aliphatic rings. The molecule has 1 amide bonds. The van der Waals surface area contributed by atoms with Crippen LogP contribution in [-0.2, 0) is 4.74 Å². The molecule has 0 radical (unpaired) electrons. The molecular weight excluding hydrogens is 307 g/mol. The number of pyridine rings is 1. The van der Waals surface area contributed by atoms with Gasteiger partial charge >= 0.3 is 0 Å². The molecule has 17 heavy (non-hydrogen) atoms. The van der Waals surface area contributed by atoms with E-state index in [0.717, 1.165) is 4.47 Å². The van der Waals surface area contributed by atoms with Gasteiger partial charge in [0.1, 0.15) is 0 Å². The van der Waals surface area contributed by atoms with E-state index in [0.29, 0.717) is 31.2 Å². The summed E-state index contributed by atoms with van der Waals surface area (Å²) in [6.07, 6.45) is 3.21. The summed E-state index contributed by atoms with van der Waals surface area (Å²) in [5.41, 5.74) is 0.566. The second kappa shape index (κ2) is 5.80. The van der Waals surface area contributed by atoms with Crippen LogP contribution in [0.15, 0.2) is 22.9 Å². The number of rotatable bonds is 2. The normalized spacial score (nSPS) is 20.4. The van der Waals surface area contributed by atoms with Crippen LogP contribution >= 0.6 is 27.5 Å². The van der Waals surface area contributed by atoms with Gasteiger partial charge in [-0.15, -0.1) is 11.6 Å². The fraction of sp³-hybridized carbons (Fsp3) is 0.455. The van der Waals surface area contributed by atoms with Crippen LogP contribution in [0.2, 0.25) is 0 Å². The van der Waals surface area contributed by atoms with Gasteiger partial charge in [0.25, 0.3) is 5.91 Å². The zero-order chi connectivity index (χ0) is 12.3. The third-order valence-corrected chi connectivity index (χ3v) is 3.41. The van der Waals surface area contributed by atoms with Crippen LogP contribution in [0.3, 0.4) is 0 Å². The van der Waals surface area contributed by atoms with E-state index in [9.17, 15) is 4.79 Å². The largest absolute Gasteiger partial charge is 0.377 e. The highest BCUT2D eigenvalue weighted by Gasteiger charge is 2.27. The summed E-state index contributed by atoms with van der Waals surface area (Å²) in [5, 5.41) is 0. The highest BCUT2D eigenvalue weighted by Crippen LogP contribution is 2.16. The Bertz CT molecular complexity index is 416. The number of carbonyl (C=O) groups excluding carboxylic acids is 1. The maximum absolute atomic E-state index is 12.3. The molecule has 1 saturated heterocycles. The number of ether oxygens (including phenoxy) is 1. The molecule has 2 heterocycles. The van der Waals surface area contributed by atoms with Crippen molar-refractivity contribution >= 4 is 33.4 Å². The molecule has 0 bridgehead atoms. The van der Waals surface area contributed by atoms with Gasteiger partial charge in [-0.25, -0.2) is 0 Å². The van der Waals surface area contributed by atoms with Gasteiger partial charge in [0.15, 0.2) is 0 Å². The number of hydrogen-bond acceptors (Lipinski definition) is 3. The number of hydrogen-bond donors (Lipinski definition) is 0. The van der Waals surface area contributed by atoms with Gasteiger partial charge in [-0.2, -0.15) is 0 Å². The molecule has 0 saturated carbocycles. The second-order valence-corrected chi connectivity index (χ2v) is 5.00. The highest BCUT2D eigenvalue weighted by molar-refractivity contribution is 9.10. The molecule has 0 N–H and O–H groups in total. The first-order valence-electron chi connectivity index (χ1n) is 5.27. The number of morpholine rings is 1. The lowest BCUT2D eigenvalue weighted by Crippen LogP contribution is -2.49. The summed E-state index contributed by atoms with van der Waals surface area (Å²) in [7, 11) is 0. The van der Waals surface area contributed by atoms with E-state index < -0.39 is 0 Å². The molecule has 92 valence electrons. The molecular formula is C11H12BrClN2O2. The molecule has 1 aromatic heterocycles. The molecule has 1 unspecified atom stereocenters. The second-order valence-electron chi connectivity index (χ2n) is 3.77. The lowest BCUT2D eigenvalue weighted by Gasteiger charge is -2.34. The predicted molar refractivity (Wildman–Crippen MR) is 68.3 cm³/mol. The van der Waals surface area contributed by atoms with E-state index in [1.807, 2.05) is 0 Å². The van der Waals surface area contributed by atoms with Gasteiger partial charge in [-0.3, -0.25) is 9.78 Å². The monoisotopic (exact) mass is 318 g/mol. The third-order valence-electron chi connectivity index (χ3n) is 2.62. The van der Waals surface area contributed by atoms with Gasteiger partial charge in [0.05, 0.1) is 24.8 Å². The maximum atomic E-state index is 12.3. The quantitative estimate of drug-likeness (QED) is 0.782. The fourth-order valence-electron chi connectivity index (χ4n) is 1.74. The highest BCUT2D eigenvalue weighted by atomic mass is 79.9. The standard InChI is InChI=1S/C11H12BrClN2O2/c12-9-3-8(5-14-6-9)11(16)15-1-2-17-7-10(15)4-13/h3,5-6,10H,1-2,4,7H2. The zero-order valence-electron chi connectivity index (χ0n) is 9.10. The SMILES string of the molecule is O=C(c1cncc(Br)c1)N1CCOCC1CCl. The van der Waals surface area contributed by atoms with Crippen LogP contribution in [-0.4, -0.2) is 47.5 Å². The van der Waals surface area contributed by atoms with Crippen LogP contribution in [0.25, 0.3) is 0 Å². The number of nitrogens with zero attached hydrogens (tertiary/aromatic N) is 2. The first-order chi connectivity index (χ1) is 8.22. The van der Waals surface area contributed by atoms with E-state index in [4.69, 9.17) is 16.3 Å². The molecule has 4 nitrogen and oxygen atoms in total. The van der Waals surface area contributed by atoms with Crippen molar-refractivity contribution in [2.75, 3.05) is 25.6 Å². The van der Waals surface area contributed by atoms with Crippen LogP contribution in [0.4, 0.5) is 0 Å². The third kappa shape index (κ3) is 2.97. The summed E-state index contributed by atoms with van der Waals surface area (Å²) >= 11 is 9.14. The molecule has 0 aromatic carbocycles. The molecule has 1 aliphatic heterocycles. The van der Waals surface area contributed by atoms with Crippen molar-refractivity contribution in [3.63, 3.8) is 0 Å². The van der Waals surface area contributed by atoms with Crippen LogP contribution in [0.1, 0.15) is 10.4 Å². The molecule has 1 aromatic rings. The van der Waals surface area contributed by atoms with Crippen molar-refractivity contribution in [2.45, 2.75) is 6.04 Å². The number of alkyl halides is 1. The van der Waals surface area contributed by atoms with Crippen molar-refractivity contribution in [2.24, 2.45) is 0 Å². The average Bonchev–Trinajstić information content (AvgIpc) is 2.38. The zero-order valence-corrected chi connectivity index (χ0v) is 11.4. The first kappa shape index (κ1) is 12.8. The molecule has 0 spiro atoms. The van der Waals surface area contributed by atoms with Crippen LogP contribution in [0.5, 0.6) is 0 Å². The molecule has 0 aliphatic carbocycles. The first-order valence-corrected chi connectivity index (χ1v) is 6.60. The Morgan fingerprint density at radius 3 is 3.18 bits per heavy atom. The molecule has 6 heteroatoms. The van der Waals surface area contributed by atoms with Crippen molar-refractivity contribution in [3.05, 3.63) is 28.5 Å². The van der Waals surface area contributed by atoms with Crippen molar-refractivity contribution in [1.29, 1.82) is 0 Å².